The molecule has 0 radical (unpaired) electrons. The van der Waals surface area contributed by atoms with Gasteiger partial charge in [0.05, 0.1) is 17.3 Å². The van der Waals surface area contributed by atoms with Crippen molar-refractivity contribution in [3.05, 3.63) is 44.9 Å². The van der Waals surface area contributed by atoms with Crippen LogP contribution in [0, 0.1) is 0 Å². The van der Waals surface area contributed by atoms with E-state index in [1.165, 1.54) is 12.8 Å². The lowest BCUT2D eigenvalue weighted by molar-refractivity contribution is 0.301. The molecule has 7 heteroatoms. The number of nitrogens with one attached hydrogen (secondary N) is 1. The minimum absolute atomic E-state index is 0.0235. The minimum atomic E-state index is -0.0235. The summed E-state index contributed by atoms with van der Waals surface area (Å²) in [5.41, 5.74) is 1.24. The van der Waals surface area contributed by atoms with Crippen molar-refractivity contribution in [2.75, 3.05) is 18.7 Å². The van der Waals surface area contributed by atoms with Crippen LogP contribution in [-0.2, 0) is 6.42 Å². The van der Waals surface area contributed by atoms with Crippen molar-refractivity contribution in [1.82, 2.24) is 0 Å². The van der Waals surface area contributed by atoms with Crippen LogP contribution in [0.4, 0.5) is 5.69 Å². The minimum Gasteiger partial charge on any atom is -0.504 e. The summed E-state index contributed by atoms with van der Waals surface area (Å²) in [4.78, 5) is 0. The average molecular weight is 447 g/mol. The first-order valence-electron chi connectivity index (χ1n) is 9.46. The van der Waals surface area contributed by atoms with Crippen molar-refractivity contribution < 1.29 is 14.6 Å². The lowest BCUT2D eigenvalue weighted by Crippen LogP contribution is -2.10. The number of phenolic OH excluding ortho intramolecular Hbond substituents is 1. The first kappa shape index (κ1) is 22.8. The molecule has 0 amide bonds. The topological polar surface area (TPSA) is 50.7 Å². The van der Waals surface area contributed by atoms with E-state index in [0.29, 0.717) is 45.3 Å². The van der Waals surface area contributed by atoms with E-state index in [2.05, 4.69) is 12.2 Å². The number of halogens is 3. The van der Waals surface area contributed by atoms with Crippen LogP contribution in [0.1, 0.15) is 45.1 Å². The quantitative estimate of drug-likeness (QED) is 0.216. The van der Waals surface area contributed by atoms with Gasteiger partial charge in [0.1, 0.15) is 11.5 Å². The molecule has 2 aromatic rings. The zero-order valence-electron chi connectivity index (χ0n) is 16.2. The van der Waals surface area contributed by atoms with Gasteiger partial charge in [-0.2, -0.15) is 0 Å². The van der Waals surface area contributed by atoms with E-state index in [9.17, 15) is 5.11 Å². The van der Waals surface area contributed by atoms with E-state index < -0.39 is 0 Å². The number of unbranched alkanes of at least 4 members (excludes halogenated alkanes) is 3. The third kappa shape index (κ3) is 6.54. The summed E-state index contributed by atoms with van der Waals surface area (Å²) in [5, 5.41) is 14.7. The molecule has 0 atom stereocenters. The number of hydrogen-bond acceptors (Lipinski definition) is 4. The van der Waals surface area contributed by atoms with Gasteiger partial charge in [0.25, 0.3) is 0 Å². The fourth-order valence-corrected chi connectivity index (χ4v) is 3.60. The first-order chi connectivity index (χ1) is 13.5. The van der Waals surface area contributed by atoms with Crippen LogP contribution in [0.15, 0.2) is 24.3 Å². The summed E-state index contributed by atoms with van der Waals surface area (Å²) in [6.07, 6.45) is 5.14. The van der Waals surface area contributed by atoms with Crippen LogP contribution in [0.2, 0.25) is 15.1 Å². The molecule has 0 spiro atoms. The number of phenols is 1. The van der Waals surface area contributed by atoms with Crippen molar-refractivity contribution >= 4 is 40.5 Å². The normalized spacial score (nSPS) is 10.8. The Balaban J connectivity index is 2.05. The molecule has 0 bridgehead atoms. The predicted octanol–water partition coefficient (Wildman–Crippen LogP) is 7.32. The highest BCUT2D eigenvalue weighted by Gasteiger charge is 2.16. The average Bonchev–Trinajstić information content (AvgIpc) is 2.64. The van der Waals surface area contributed by atoms with E-state index in [-0.39, 0.29) is 12.5 Å². The SMILES string of the molecule is CCCCCCOc1cc(NCOc2cc(Cl)cc(Cl)c2)c(O)c(Cl)c1CC. The van der Waals surface area contributed by atoms with E-state index in [1.54, 1.807) is 24.3 Å². The van der Waals surface area contributed by atoms with Gasteiger partial charge >= 0.3 is 0 Å². The molecule has 2 aromatic carbocycles. The summed E-state index contributed by atoms with van der Waals surface area (Å²) in [6.45, 7) is 4.86. The molecule has 0 aliphatic carbocycles. The van der Waals surface area contributed by atoms with Gasteiger partial charge in [0, 0.05) is 21.7 Å². The van der Waals surface area contributed by atoms with Crippen LogP contribution < -0.4 is 14.8 Å². The Hall–Kier alpha value is -1.49. The van der Waals surface area contributed by atoms with Crippen molar-refractivity contribution in [2.45, 2.75) is 46.0 Å². The standard InChI is InChI=1S/C21H26Cl3NO3/c1-3-5-6-7-8-27-19-12-18(21(26)20(24)17(19)4-2)25-13-28-16-10-14(22)9-15(23)11-16/h9-12,25-26H,3-8,13H2,1-2H3. The van der Waals surface area contributed by atoms with Crippen LogP contribution in [0.3, 0.4) is 0 Å². The van der Waals surface area contributed by atoms with Gasteiger partial charge < -0.3 is 19.9 Å². The zero-order chi connectivity index (χ0) is 20.5. The van der Waals surface area contributed by atoms with E-state index in [0.717, 1.165) is 18.4 Å². The maximum absolute atomic E-state index is 10.4. The molecule has 28 heavy (non-hydrogen) atoms. The van der Waals surface area contributed by atoms with Crippen molar-refractivity contribution in [1.29, 1.82) is 0 Å². The van der Waals surface area contributed by atoms with Gasteiger partial charge in [-0.3, -0.25) is 0 Å². The molecular formula is C21H26Cl3NO3. The highest BCUT2D eigenvalue weighted by atomic mass is 35.5. The summed E-state index contributed by atoms with van der Waals surface area (Å²) in [7, 11) is 0. The van der Waals surface area contributed by atoms with Crippen LogP contribution >= 0.6 is 34.8 Å². The van der Waals surface area contributed by atoms with Crippen molar-refractivity contribution in [3.8, 4) is 17.2 Å². The molecule has 0 aliphatic rings. The second-order valence-electron chi connectivity index (χ2n) is 6.40. The van der Waals surface area contributed by atoms with Gasteiger partial charge in [-0.1, -0.05) is 67.9 Å². The number of anilines is 1. The molecular weight excluding hydrogens is 421 g/mol. The van der Waals surface area contributed by atoms with Crippen molar-refractivity contribution in [3.63, 3.8) is 0 Å². The zero-order valence-corrected chi connectivity index (χ0v) is 18.4. The summed E-state index contributed by atoms with van der Waals surface area (Å²) >= 11 is 18.3. The summed E-state index contributed by atoms with van der Waals surface area (Å²) in [6, 6.07) is 6.71. The monoisotopic (exact) mass is 445 g/mol. The third-order valence-electron chi connectivity index (χ3n) is 4.25. The maximum atomic E-state index is 10.4. The van der Waals surface area contributed by atoms with Crippen molar-refractivity contribution in [2.24, 2.45) is 0 Å². The molecule has 0 aromatic heterocycles. The lowest BCUT2D eigenvalue weighted by atomic mass is 10.1. The molecule has 2 N–H and O–H groups in total. The fraction of sp³-hybridized carbons (Fsp3) is 0.429. The number of hydrogen-bond donors (Lipinski definition) is 2. The first-order valence-corrected chi connectivity index (χ1v) is 10.6. The van der Waals surface area contributed by atoms with Crippen LogP contribution in [0.25, 0.3) is 0 Å². The highest BCUT2D eigenvalue weighted by molar-refractivity contribution is 6.35. The number of benzene rings is 2. The second kappa shape index (κ2) is 11.5. The maximum Gasteiger partial charge on any atom is 0.159 e. The number of ether oxygens (including phenoxy) is 2. The van der Waals surface area contributed by atoms with E-state index in [1.807, 2.05) is 6.92 Å². The Morgan fingerprint density at radius 3 is 2.29 bits per heavy atom. The Morgan fingerprint density at radius 2 is 1.64 bits per heavy atom. The van der Waals surface area contributed by atoms with E-state index >= 15 is 0 Å². The predicted molar refractivity (Wildman–Crippen MR) is 118 cm³/mol. The molecule has 154 valence electrons. The molecule has 4 nitrogen and oxygen atoms in total. The molecule has 0 unspecified atom stereocenters. The second-order valence-corrected chi connectivity index (χ2v) is 7.65. The van der Waals surface area contributed by atoms with E-state index in [4.69, 9.17) is 44.3 Å². The molecule has 2 rings (SSSR count). The van der Waals surface area contributed by atoms with Gasteiger partial charge in [0.2, 0.25) is 0 Å². The van der Waals surface area contributed by atoms with Gasteiger partial charge in [0.15, 0.2) is 12.5 Å². The molecule has 0 heterocycles. The Morgan fingerprint density at radius 1 is 0.929 bits per heavy atom. The smallest absolute Gasteiger partial charge is 0.159 e. The lowest BCUT2D eigenvalue weighted by Gasteiger charge is -2.17. The third-order valence-corrected chi connectivity index (χ3v) is 5.09. The van der Waals surface area contributed by atoms with Gasteiger partial charge in [-0.25, -0.2) is 0 Å². The van der Waals surface area contributed by atoms with Crippen LogP contribution in [-0.4, -0.2) is 18.4 Å². The number of aromatic hydroxyl groups is 1. The fourth-order valence-electron chi connectivity index (χ4n) is 2.77. The van der Waals surface area contributed by atoms with Gasteiger partial charge in [-0.15, -0.1) is 0 Å². The van der Waals surface area contributed by atoms with Gasteiger partial charge in [-0.05, 0) is 31.0 Å². The highest BCUT2D eigenvalue weighted by Crippen LogP contribution is 2.41. The molecule has 0 aliphatic heterocycles. The largest absolute Gasteiger partial charge is 0.504 e. The number of rotatable bonds is 11. The Kier molecular flexibility index (Phi) is 9.36. The summed E-state index contributed by atoms with van der Waals surface area (Å²) in [5.74, 6) is 1.17. The molecule has 0 fully saturated rings. The van der Waals surface area contributed by atoms with Crippen LogP contribution in [0.5, 0.6) is 17.2 Å². The Bertz CT molecular complexity index is 764. The summed E-state index contributed by atoms with van der Waals surface area (Å²) < 4.78 is 11.5. The Labute approximate surface area is 181 Å². The molecule has 0 saturated carbocycles. The molecule has 0 saturated heterocycles.